The van der Waals surface area contributed by atoms with Crippen LogP contribution in [0, 0.1) is 0 Å². The fraction of sp³-hybridized carbons (Fsp3) is 0.100. The van der Waals surface area contributed by atoms with Crippen LogP contribution in [-0.4, -0.2) is 14.1 Å². The average molecular weight is 331 g/mol. The molecular weight excluding hydrogens is 314 g/mol. The summed E-state index contributed by atoms with van der Waals surface area (Å²) in [6.45, 7) is 0.678. The van der Waals surface area contributed by atoms with Crippen molar-refractivity contribution < 1.29 is 0 Å². The van der Waals surface area contributed by atoms with E-state index in [0.717, 1.165) is 11.1 Å². The fourth-order valence-electron chi connectivity index (χ4n) is 3.06. The normalized spacial score (nSPS) is 11.0. The van der Waals surface area contributed by atoms with E-state index in [2.05, 4.69) is 4.98 Å². The number of nitrogens with zero attached hydrogens (tertiary/aromatic N) is 2. The summed E-state index contributed by atoms with van der Waals surface area (Å²) in [5.41, 5.74) is 1.99. The van der Waals surface area contributed by atoms with E-state index in [9.17, 15) is 9.59 Å². The Kier molecular flexibility index (Phi) is 3.82. The van der Waals surface area contributed by atoms with Gasteiger partial charge in [0.1, 0.15) is 0 Å². The number of aromatic amines is 1. The van der Waals surface area contributed by atoms with Crippen molar-refractivity contribution in [1.82, 2.24) is 14.1 Å². The molecule has 0 spiro atoms. The standard InChI is InChI=1S/C20H17N3O2/c24-19-17-11-21-12-18(17)22(13-15-7-3-1-4-8-15)20(25)23(19)14-16-9-5-2-6-10-16/h1-12,21H,13-14H2. The van der Waals surface area contributed by atoms with Crippen LogP contribution in [0.5, 0.6) is 0 Å². The van der Waals surface area contributed by atoms with Gasteiger partial charge >= 0.3 is 5.69 Å². The Hall–Kier alpha value is -3.34. The van der Waals surface area contributed by atoms with Gasteiger partial charge in [-0.15, -0.1) is 0 Å². The molecule has 0 fully saturated rings. The number of nitrogens with one attached hydrogen (secondary N) is 1. The van der Waals surface area contributed by atoms with Crippen molar-refractivity contribution >= 4 is 10.9 Å². The minimum Gasteiger partial charge on any atom is -0.365 e. The van der Waals surface area contributed by atoms with Crippen LogP contribution >= 0.6 is 0 Å². The van der Waals surface area contributed by atoms with E-state index >= 15 is 0 Å². The van der Waals surface area contributed by atoms with Crippen LogP contribution in [0.2, 0.25) is 0 Å². The van der Waals surface area contributed by atoms with E-state index < -0.39 is 0 Å². The molecule has 0 unspecified atom stereocenters. The molecule has 0 amide bonds. The van der Waals surface area contributed by atoms with Crippen molar-refractivity contribution in [2.45, 2.75) is 13.1 Å². The third-order valence-electron chi connectivity index (χ3n) is 4.32. The first-order chi connectivity index (χ1) is 12.2. The molecule has 0 aliphatic heterocycles. The molecule has 25 heavy (non-hydrogen) atoms. The molecule has 4 aromatic rings. The second-order valence-corrected chi connectivity index (χ2v) is 5.99. The van der Waals surface area contributed by atoms with E-state index in [1.165, 1.54) is 4.57 Å². The molecular formula is C20H17N3O2. The van der Waals surface area contributed by atoms with Crippen LogP contribution in [0.25, 0.3) is 10.9 Å². The van der Waals surface area contributed by atoms with Gasteiger partial charge in [0, 0.05) is 12.4 Å². The summed E-state index contributed by atoms with van der Waals surface area (Å²) in [4.78, 5) is 28.7. The van der Waals surface area contributed by atoms with Crippen LogP contribution in [0.3, 0.4) is 0 Å². The van der Waals surface area contributed by atoms with Crippen LogP contribution in [0.1, 0.15) is 11.1 Å². The van der Waals surface area contributed by atoms with Gasteiger partial charge in [-0.2, -0.15) is 0 Å². The maximum Gasteiger partial charge on any atom is 0.332 e. The zero-order valence-corrected chi connectivity index (χ0v) is 13.6. The molecule has 0 bridgehead atoms. The number of rotatable bonds is 4. The molecule has 2 heterocycles. The molecule has 0 saturated carbocycles. The fourth-order valence-corrected chi connectivity index (χ4v) is 3.06. The summed E-state index contributed by atoms with van der Waals surface area (Å²) in [7, 11) is 0. The number of benzene rings is 2. The van der Waals surface area contributed by atoms with Crippen LogP contribution in [0.4, 0.5) is 0 Å². The summed E-state index contributed by atoms with van der Waals surface area (Å²) in [6, 6.07) is 19.3. The lowest BCUT2D eigenvalue weighted by molar-refractivity contribution is 0.636. The summed E-state index contributed by atoms with van der Waals surface area (Å²) < 4.78 is 2.94. The molecule has 2 aromatic carbocycles. The molecule has 4 rings (SSSR count). The summed E-state index contributed by atoms with van der Waals surface area (Å²) in [6.07, 6.45) is 3.36. The van der Waals surface area contributed by atoms with Crippen molar-refractivity contribution in [3.63, 3.8) is 0 Å². The van der Waals surface area contributed by atoms with Gasteiger partial charge in [-0.1, -0.05) is 60.7 Å². The quantitative estimate of drug-likeness (QED) is 0.625. The zero-order valence-electron chi connectivity index (χ0n) is 13.6. The van der Waals surface area contributed by atoms with Gasteiger partial charge in [0.15, 0.2) is 0 Å². The lowest BCUT2D eigenvalue weighted by Crippen LogP contribution is -2.40. The van der Waals surface area contributed by atoms with E-state index in [0.29, 0.717) is 17.4 Å². The maximum absolute atomic E-state index is 13.0. The van der Waals surface area contributed by atoms with Crippen molar-refractivity contribution in [3.05, 3.63) is 105 Å². The van der Waals surface area contributed by atoms with E-state index in [-0.39, 0.29) is 17.8 Å². The number of hydrogen-bond donors (Lipinski definition) is 1. The molecule has 0 radical (unpaired) electrons. The van der Waals surface area contributed by atoms with E-state index in [4.69, 9.17) is 0 Å². The Morgan fingerprint density at radius 3 is 1.88 bits per heavy atom. The molecule has 0 aliphatic rings. The predicted octanol–water partition coefficient (Wildman–Crippen LogP) is 2.59. The number of hydrogen-bond acceptors (Lipinski definition) is 2. The smallest absolute Gasteiger partial charge is 0.332 e. The Morgan fingerprint density at radius 2 is 1.28 bits per heavy atom. The van der Waals surface area contributed by atoms with E-state index in [1.807, 2.05) is 60.7 Å². The van der Waals surface area contributed by atoms with Gasteiger partial charge in [0.05, 0.1) is 24.0 Å². The van der Waals surface area contributed by atoms with Gasteiger partial charge in [0.2, 0.25) is 0 Å². The number of aromatic nitrogens is 3. The van der Waals surface area contributed by atoms with Gasteiger partial charge in [-0.25, -0.2) is 4.79 Å². The van der Waals surface area contributed by atoms with Crippen molar-refractivity contribution in [3.8, 4) is 0 Å². The first kappa shape index (κ1) is 15.2. The molecule has 124 valence electrons. The summed E-state index contributed by atoms with van der Waals surface area (Å²) in [5, 5.41) is 0.520. The van der Waals surface area contributed by atoms with Gasteiger partial charge < -0.3 is 4.98 Å². The number of H-pyrrole nitrogens is 1. The highest BCUT2D eigenvalue weighted by Gasteiger charge is 2.14. The second kappa shape index (κ2) is 6.28. The first-order valence-electron chi connectivity index (χ1n) is 8.12. The molecule has 5 heteroatoms. The number of fused-ring (bicyclic) bond motifs is 1. The third kappa shape index (κ3) is 2.80. The minimum absolute atomic E-state index is 0.258. The maximum atomic E-state index is 13.0. The van der Waals surface area contributed by atoms with Crippen LogP contribution in [0.15, 0.2) is 82.6 Å². The Balaban J connectivity index is 1.89. The minimum atomic E-state index is -0.301. The molecule has 0 atom stereocenters. The monoisotopic (exact) mass is 331 g/mol. The van der Waals surface area contributed by atoms with E-state index in [1.54, 1.807) is 17.0 Å². The molecule has 1 N–H and O–H groups in total. The highest BCUT2D eigenvalue weighted by molar-refractivity contribution is 5.77. The highest BCUT2D eigenvalue weighted by atomic mass is 16.2. The topological polar surface area (TPSA) is 59.8 Å². The zero-order chi connectivity index (χ0) is 17.2. The molecule has 2 aromatic heterocycles. The van der Waals surface area contributed by atoms with Gasteiger partial charge in [-0.05, 0) is 11.1 Å². The summed E-state index contributed by atoms with van der Waals surface area (Å²) in [5.74, 6) is 0. The Bertz CT molecular complexity index is 1120. The van der Waals surface area contributed by atoms with Crippen LogP contribution < -0.4 is 11.2 Å². The van der Waals surface area contributed by atoms with Crippen molar-refractivity contribution in [2.75, 3.05) is 0 Å². The second-order valence-electron chi connectivity index (χ2n) is 5.99. The molecule has 0 saturated heterocycles. The van der Waals surface area contributed by atoms with Gasteiger partial charge in [0.25, 0.3) is 5.56 Å². The molecule has 0 aliphatic carbocycles. The SMILES string of the molecule is O=c1c2c[nH]cc2n(Cc2ccccc2)c(=O)n1Cc1ccccc1. The lowest BCUT2D eigenvalue weighted by atomic mass is 10.2. The molecule has 5 nitrogen and oxygen atoms in total. The highest BCUT2D eigenvalue weighted by Crippen LogP contribution is 2.10. The Morgan fingerprint density at radius 1 is 0.720 bits per heavy atom. The summed E-state index contributed by atoms with van der Waals surface area (Å²) >= 11 is 0. The Labute approximate surface area is 143 Å². The van der Waals surface area contributed by atoms with Gasteiger partial charge in [-0.3, -0.25) is 13.9 Å². The average Bonchev–Trinajstić information content (AvgIpc) is 3.14. The largest absolute Gasteiger partial charge is 0.365 e. The van der Waals surface area contributed by atoms with Crippen LogP contribution in [-0.2, 0) is 13.1 Å². The van der Waals surface area contributed by atoms with Crippen molar-refractivity contribution in [1.29, 1.82) is 0 Å². The predicted molar refractivity (Wildman–Crippen MR) is 97.9 cm³/mol. The third-order valence-corrected chi connectivity index (χ3v) is 4.32. The first-order valence-corrected chi connectivity index (χ1v) is 8.12. The lowest BCUT2D eigenvalue weighted by Gasteiger charge is -2.12. The van der Waals surface area contributed by atoms with Crippen molar-refractivity contribution in [2.24, 2.45) is 0 Å².